The number of methoxy groups -OCH3 is 1. The number of rotatable bonds is 8. The zero-order chi connectivity index (χ0) is 13.4. The van der Waals surface area contributed by atoms with E-state index in [1.807, 2.05) is 12.4 Å². The van der Waals surface area contributed by atoms with Crippen molar-refractivity contribution < 1.29 is 4.74 Å². The first-order valence-corrected chi connectivity index (χ1v) is 6.51. The van der Waals surface area contributed by atoms with Gasteiger partial charge in [-0.25, -0.2) is 0 Å². The van der Waals surface area contributed by atoms with Crippen LogP contribution in [0.25, 0.3) is 0 Å². The molecule has 1 aromatic heterocycles. The number of ether oxygens (including phenoxy) is 1. The molecular formula is C14H25N3O. The third-order valence-electron chi connectivity index (χ3n) is 2.83. The number of aromatic nitrogens is 1. The Morgan fingerprint density at radius 2 is 2.22 bits per heavy atom. The van der Waals surface area contributed by atoms with Crippen LogP contribution in [0.5, 0.6) is 0 Å². The van der Waals surface area contributed by atoms with Gasteiger partial charge in [0.1, 0.15) is 0 Å². The number of hydrogen-bond acceptors (Lipinski definition) is 4. The first-order chi connectivity index (χ1) is 8.65. The molecule has 0 atom stereocenters. The fraction of sp³-hybridized carbons (Fsp3) is 0.643. The molecule has 1 heterocycles. The molecule has 0 aromatic carbocycles. The Hall–Kier alpha value is -1.13. The van der Waals surface area contributed by atoms with Gasteiger partial charge in [-0.2, -0.15) is 0 Å². The number of nitrogens with one attached hydrogen (secondary N) is 1. The van der Waals surface area contributed by atoms with E-state index in [0.29, 0.717) is 6.04 Å². The van der Waals surface area contributed by atoms with E-state index in [1.165, 1.54) is 11.3 Å². The summed E-state index contributed by atoms with van der Waals surface area (Å²) in [6.07, 6.45) is 4.82. The van der Waals surface area contributed by atoms with E-state index >= 15 is 0 Å². The Morgan fingerprint density at radius 1 is 1.44 bits per heavy atom. The smallest absolute Gasteiger partial charge is 0.0479 e. The summed E-state index contributed by atoms with van der Waals surface area (Å²) < 4.78 is 5.09. The zero-order valence-electron chi connectivity index (χ0n) is 11.9. The molecule has 0 bridgehead atoms. The summed E-state index contributed by atoms with van der Waals surface area (Å²) in [5, 5.41) is 3.43. The Bertz CT molecular complexity index is 342. The maximum Gasteiger partial charge on any atom is 0.0479 e. The molecule has 1 N–H and O–H groups in total. The molecule has 4 nitrogen and oxygen atoms in total. The van der Waals surface area contributed by atoms with Gasteiger partial charge in [0.15, 0.2) is 0 Å². The first kappa shape index (κ1) is 14.9. The lowest BCUT2D eigenvalue weighted by molar-refractivity contribution is 0.196. The molecule has 18 heavy (non-hydrogen) atoms. The van der Waals surface area contributed by atoms with Crippen molar-refractivity contribution in [1.29, 1.82) is 0 Å². The lowest BCUT2D eigenvalue weighted by Gasteiger charge is -2.22. The van der Waals surface area contributed by atoms with Gasteiger partial charge >= 0.3 is 0 Å². The van der Waals surface area contributed by atoms with Gasteiger partial charge in [-0.1, -0.05) is 13.8 Å². The van der Waals surface area contributed by atoms with Gasteiger partial charge in [-0.15, -0.1) is 0 Å². The Morgan fingerprint density at radius 3 is 2.89 bits per heavy atom. The highest BCUT2D eigenvalue weighted by molar-refractivity contribution is 5.51. The zero-order valence-corrected chi connectivity index (χ0v) is 11.9. The molecule has 4 heteroatoms. The highest BCUT2D eigenvalue weighted by Gasteiger charge is 2.07. The highest BCUT2D eigenvalue weighted by Crippen LogP contribution is 2.18. The summed E-state index contributed by atoms with van der Waals surface area (Å²) >= 11 is 0. The summed E-state index contributed by atoms with van der Waals surface area (Å²) in [6, 6.07) is 2.56. The van der Waals surface area contributed by atoms with E-state index in [1.54, 1.807) is 7.11 Å². The van der Waals surface area contributed by atoms with Crippen molar-refractivity contribution in [3.05, 3.63) is 24.0 Å². The van der Waals surface area contributed by atoms with E-state index < -0.39 is 0 Å². The summed E-state index contributed by atoms with van der Waals surface area (Å²) in [6.45, 7) is 6.95. The lowest BCUT2D eigenvalue weighted by atomic mass is 10.2. The number of pyridine rings is 1. The SMILES string of the molecule is COCCCN(C)c1ccncc1CNC(C)C. The molecule has 0 aliphatic heterocycles. The van der Waals surface area contributed by atoms with Crippen LogP contribution in [-0.4, -0.2) is 38.3 Å². The molecule has 0 saturated carbocycles. The largest absolute Gasteiger partial charge is 0.385 e. The second-order valence-electron chi connectivity index (χ2n) is 4.81. The molecule has 0 spiro atoms. The van der Waals surface area contributed by atoms with Crippen molar-refractivity contribution in [2.45, 2.75) is 32.9 Å². The molecule has 102 valence electrons. The van der Waals surface area contributed by atoms with Gasteiger partial charge in [0.2, 0.25) is 0 Å². The average molecular weight is 251 g/mol. The number of hydrogen-bond donors (Lipinski definition) is 1. The lowest BCUT2D eigenvalue weighted by Crippen LogP contribution is -2.25. The van der Waals surface area contributed by atoms with Crippen LogP contribution in [0.3, 0.4) is 0 Å². The molecule has 0 aliphatic rings. The second-order valence-corrected chi connectivity index (χ2v) is 4.81. The fourth-order valence-corrected chi connectivity index (χ4v) is 1.81. The van der Waals surface area contributed by atoms with Crippen LogP contribution in [0.4, 0.5) is 5.69 Å². The summed E-state index contributed by atoms with van der Waals surface area (Å²) in [4.78, 5) is 6.47. The van der Waals surface area contributed by atoms with Crippen molar-refractivity contribution >= 4 is 5.69 Å². The van der Waals surface area contributed by atoms with Crippen LogP contribution >= 0.6 is 0 Å². The molecule has 1 rings (SSSR count). The maximum atomic E-state index is 5.09. The quantitative estimate of drug-likeness (QED) is 0.718. The van der Waals surface area contributed by atoms with Crippen molar-refractivity contribution in [3.63, 3.8) is 0 Å². The van der Waals surface area contributed by atoms with Crippen molar-refractivity contribution in [2.75, 3.05) is 32.2 Å². The van der Waals surface area contributed by atoms with E-state index in [0.717, 1.165) is 26.1 Å². The van der Waals surface area contributed by atoms with Gasteiger partial charge in [0.05, 0.1) is 0 Å². The van der Waals surface area contributed by atoms with Crippen LogP contribution in [0, 0.1) is 0 Å². The monoisotopic (exact) mass is 251 g/mol. The van der Waals surface area contributed by atoms with Crippen LogP contribution in [-0.2, 0) is 11.3 Å². The van der Waals surface area contributed by atoms with E-state index in [9.17, 15) is 0 Å². The molecule has 0 fully saturated rings. The van der Waals surface area contributed by atoms with Crippen LogP contribution in [0.2, 0.25) is 0 Å². The molecule has 0 amide bonds. The second kappa shape index (κ2) is 8.06. The van der Waals surface area contributed by atoms with E-state index in [2.05, 4.69) is 42.2 Å². The van der Waals surface area contributed by atoms with Crippen LogP contribution in [0.1, 0.15) is 25.8 Å². The minimum Gasteiger partial charge on any atom is -0.385 e. The maximum absolute atomic E-state index is 5.09. The van der Waals surface area contributed by atoms with Gasteiger partial charge in [0.25, 0.3) is 0 Å². The number of nitrogens with zero attached hydrogens (tertiary/aromatic N) is 2. The van der Waals surface area contributed by atoms with E-state index in [-0.39, 0.29) is 0 Å². The third kappa shape index (κ3) is 5.02. The Labute approximate surface area is 110 Å². The fourth-order valence-electron chi connectivity index (χ4n) is 1.81. The highest BCUT2D eigenvalue weighted by atomic mass is 16.5. The molecule has 0 radical (unpaired) electrons. The number of anilines is 1. The molecule has 0 saturated heterocycles. The minimum absolute atomic E-state index is 0.483. The summed E-state index contributed by atoms with van der Waals surface area (Å²) in [5.74, 6) is 0. The molecule has 1 aromatic rings. The van der Waals surface area contributed by atoms with Crippen molar-refractivity contribution in [2.24, 2.45) is 0 Å². The first-order valence-electron chi connectivity index (χ1n) is 6.51. The molecule has 0 unspecified atom stereocenters. The average Bonchev–Trinajstić information content (AvgIpc) is 2.37. The van der Waals surface area contributed by atoms with Gasteiger partial charge in [-0.05, 0) is 12.5 Å². The van der Waals surface area contributed by atoms with Crippen molar-refractivity contribution in [3.8, 4) is 0 Å². The normalized spacial score (nSPS) is 10.9. The predicted molar refractivity (Wildman–Crippen MR) is 76.0 cm³/mol. The van der Waals surface area contributed by atoms with Gasteiger partial charge < -0.3 is 15.0 Å². The van der Waals surface area contributed by atoms with Gasteiger partial charge in [0, 0.05) is 63.5 Å². The topological polar surface area (TPSA) is 37.4 Å². The minimum atomic E-state index is 0.483. The van der Waals surface area contributed by atoms with Crippen LogP contribution in [0.15, 0.2) is 18.5 Å². The Balaban J connectivity index is 2.62. The van der Waals surface area contributed by atoms with Crippen molar-refractivity contribution in [1.82, 2.24) is 10.3 Å². The standard InChI is InChI=1S/C14H25N3O/c1-12(2)16-11-13-10-15-7-6-14(13)17(3)8-5-9-18-4/h6-7,10,12,16H,5,8-9,11H2,1-4H3. The molecule has 0 aliphatic carbocycles. The van der Waals surface area contributed by atoms with E-state index in [4.69, 9.17) is 4.74 Å². The predicted octanol–water partition coefficient (Wildman–Crippen LogP) is 2.05. The summed E-state index contributed by atoms with van der Waals surface area (Å²) in [5.41, 5.74) is 2.49. The van der Waals surface area contributed by atoms with Crippen LogP contribution < -0.4 is 10.2 Å². The molecular weight excluding hydrogens is 226 g/mol. The third-order valence-corrected chi connectivity index (χ3v) is 2.83. The Kier molecular flexibility index (Phi) is 6.68. The van der Waals surface area contributed by atoms with Gasteiger partial charge in [-0.3, -0.25) is 4.98 Å². The summed E-state index contributed by atoms with van der Waals surface area (Å²) in [7, 11) is 3.86.